The van der Waals surface area contributed by atoms with Gasteiger partial charge in [-0.05, 0) is 50.3 Å². The Labute approximate surface area is 145 Å². The van der Waals surface area contributed by atoms with Gasteiger partial charge in [-0.2, -0.15) is 4.98 Å². The van der Waals surface area contributed by atoms with E-state index in [0.29, 0.717) is 23.4 Å². The first-order chi connectivity index (χ1) is 11.1. The number of urea groups is 1. The molecule has 1 aromatic heterocycles. The van der Waals surface area contributed by atoms with E-state index in [2.05, 4.69) is 20.8 Å². The van der Waals surface area contributed by atoms with Gasteiger partial charge in [-0.15, -0.1) is 12.4 Å². The summed E-state index contributed by atoms with van der Waals surface area (Å²) >= 11 is 0. The van der Waals surface area contributed by atoms with E-state index in [4.69, 9.17) is 10.3 Å². The zero-order chi connectivity index (χ0) is 15.9. The normalized spacial score (nSPS) is 18.2. The Bertz CT molecular complexity index is 740. The number of nitrogens with zero attached hydrogens (tertiary/aromatic N) is 2. The van der Waals surface area contributed by atoms with E-state index < -0.39 is 5.54 Å². The van der Waals surface area contributed by atoms with Gasteiger partial charge in [0.05, 0.1) is 5.54 Å². The smallest absolute Gasteiger partial charge is 0.319 e. The molecule has 128 valence electrons. The minimum absolute atomic E-state index is 0. The standard InChI is InChI=1S/C16H19N5O2.ClH/c17-16(7-2-8-16)14-20-13(23-21-14)10-3-1-4-12(9-10)19-15(22)18-11-5-6-11;/h1,3-4,9,11H,2,5-8,17H2,(H2,18,19,22);1H. The third kappa shape index (κ3) is 3.37. The number of nitrogens with two attached hydrogens (primary N) is 1. The lowest BCUT2D eigenvalue weighted by atomic mass is 9.77. The number of nitrogens with one attached hydrogen (secondary N) is 2. The van der Waals surface area contributed by atoms with Crippen molar-refractivity contribution in [2.45, 2.75) is 43.7 Å². The third-order valence-corrected chi connectivity index (χ3v) is 4.40. The number of hydrogen-bond donors (Lipinski definition) is 3. The van der Waals surface area contributed by atoms with Crippen LogP contribution in [0.1, 0.15) is 37.9 Å². The summed E-state index contributed by atoms with van der Waals surface area (Å²) in [7, 11) is 0. The molecule has 24 heavy (non-hydrogen) atoms. The molecule has 2 aliphatic carbocycles. The monoisotopic (exact) mass is 349 g/mol. The van der Waals surface area contributed by atoms with Gasteiger partial charge in [0.15, 0.2) is 5.82 Å². The molecule has 2 amide bonds. The van der Waals surface area contributed by atoms with Crippen molar-refractivity contribution < 1.29 is 9.32 Å². The molecule has 2 aliphatic rings. The van der Waals surface area contributed by atoms with E-state index in [1.807, 2.05) is 24.3 Å². The predicted molar refractivity (Wildman–Crippen MR) is 91.9 cm³/mol. The summed E-state index contributed by atoms with van der Waals surface area (Å²) in [5, 5.41) is 9.71. The van der Waals surface area contributed by atoms with Crippen LogP contribution in [0.15, 0.2) is 28.8 Å². The van der Waals surface area contributed by atoms with Crippen LogP contribution in [0.25, 0.3) is 11.5 Å². The number of aromatic nitrogens is 2. The Morgan fingerprint density at radius 2 is 2.12 bits per heavy atom. The molecule has 7 nitrogen and oxygen atoms in total. The zero-order valence-corrected chi connectivity index (χ0v) is 13.9. The Morgan fingerprint density at radius 1 is 1.33 bits per heavy atom. The van der Waals surface area contributed by atoms with E-state index in [0.717, 1.165) is 37.7 Å². The quantitative estimate of drug-likeness (QED) is 0.786. The maximum absolute atomic E-state index is 11.8. The number of hydrogen-bond acceptors (Lipinski definition) is 5. The second-order valence-corrected chi connectivity index (χ2v) is 6.39. The molecule has 0 spiro atoms. The van der Waals surface area contributed by atoms with Crippen molar-refractivity contribution in [3.8, 4) is 11.5 Å². The number of anilines is 1. The first-order valence-corrected chi connectivity index (χ1v) is 7.93. The summed E-state index contributed by atoms with van der Waals surface area (Å²) in [6.45, 7) is 0. The molecule has 4 rings (SSSR count). The van der Waals surface area contributed by atoms with E-state index in [9.17, 15) is 4.79 Å². The van der Waals surface area contributed by atoms with Gasteiger partial charge in [0.2, 0.25) is 0 Å². The van der Waals surface area contributed by atoms with Gasteiger partial charge in [0, 0.05) is 17.3 Å². The number of carbonyl (C=O) groups is 1. The summed E-state index contributed by atoms with van der Waals surface area (Å²) in [5.74, 6) is 0.978. The highest BCUT2D eigenvalue weighted by molar-refractivity contribution is 5.90. The number of benzene rings is 1. The molecule has 0 unspecified atom stereocenters. The van der Waals surface area contributed by atoms with Crippen LogP contribution in [0.3, 0.4) is 0 Å². The van der Waals surface area contributed by atoms with E-state index in [1.54, 1.807) is 0 Å². The van der Waals surface area contributed by atoms with Crippen molar-refractivity contribution in [1.29, 1.82) is 0 Å². The van der Waals surface area contributed by atoms with Crippen LogP contribution in [0.5, 0.6) is 0 Å². The lowest BCUT2D eigenvalue weighted by Crippen LogP contribution is -2.44. The van der Waals surface area contributed by atoms with Gasteiger partial charge in [0.25, 0.3) is 5.89 Å². The van der Waals surface area contributed by atoms with Gasteiger partial charge >= 0.3 is 6.03 Å². The minimum Gasteiger partial charge on any atom is -0.335 e. The molecule has 2 fully saturated rings. The topological polar surface area (TPSA) is 106 Å². The van der Waals surface area contributed by atoms with Crippen LogP contribution in [0.2, 0.25) is 0 Å². The molecule has 0 radical (unpaired) electrons. The summed E-state index contributed by atoms with van der Waals surface area (Å²) in [6.07, 6.45) is 4.97. The molecule has 1 heterocycles. The summed E-state index contributed by atoms with van der Waals surface area (Å²) in [5.41, 5.74) is 7.22. The molecule has 8 heteroatoms. The van der Waals surface area contributed by atoms with Gasteiger partial charge in [-0.25, -0.2) is 4.79 Å². The molecular formula is C16H20ClN5O2. The molecule has 2 aromatic rings. The average molecular weight is 350 g/mol. The Kier molecular flexibility index (Phi) is 4.47. The minimum atomic E-state index is -0.443. The Hall–Kier alpha value is -2.12. The molecule has 4 N–H and O–H groups in total. The van der Waals surface area contributed by atoms with Crippen molar-refractivity contribution in [3.63, 3.8) is 0 Å². The van der Waals surface area contributed by atoms with Gasteiger partial charge in [0.1, 0.15) is 0 Å². The zero-order valence-electron chi connectivity index (χ0n) is 13.1. The SMILES string of the molecule is Cl.NC1(c2noc(-c3cccc(NC(=O)NC4CC4)c3)n2)CCC1. The largest absolute Gasteiger partial charge is 0.335 e. The Morgan fingerprint density at radius 3 is 2.79 bits per heavy atom. The van der Waals surface area contributed by atoms with Crippen LogP contribution in [-0.2, 0) is 5.54 Å². The second kappa shape index (κ2) is 6.41. The van der Waals surface area contributed by atoms with Crippen molar-refractivity contribution in [2.24, 2.45) is 5.73 Å². The summed E-state index contributed by atoms with van der Waals surface area (Å²) in [4.78, 5) is 16.2. The number of carbonyl (C=O) groups excluding carboxylic acids is 1. The maximum atomic E-state index is 11.8. The number of amides is 2. The predicted octanol–water partition coefficient (Wildman–Crippen LogP) is 2.78. The van der Waals surface area contributed by atoms with Crippen molar-refractivity contribution in [2.75, 3.05) is 5.32 Å². The van der Waals surface area contributed by atoms with Crippen LogP contribution in [0, 0.1) is 0 Å². The average Bonchev–Trinajstić information content (AvgIpc) is 3.16. The van der Waals surface area contributed by atoms with Gasteiger partial charge < -0.3 is 20.9 Å². The fourth-order valence-electron chi connectivity index (χ4n) is 2.63. The molecule has 0 aliphatic heterocycles. The molecule has 2 saturated carbocycles. The molecule has 0 atom stereocenters. The first-order valence-electron chi connectivity index (χ1n) is 7.93. The van der Waals surface area contributed by atoms with Crippen molar-refractivity contribution in [1.82, 2.24) is 15.5 Å². The maximum Gasteiger partial charge on any atom is 0.319 e. The van der Waals surface area contributed by atoms with Crippen LogP contribution in [0.4, 0.5) is 10.5 Å². The van der Waals surface area contributed by atoms with Crippen LogP contribution >= 0.6 is 12.4 Å². The highest BCUT2D eigenvalue weighted by atomic mass is 35.5. The summed E-state index contributed by atoms with van der Waals surface area (Å²) < 4.78 is 5.34. The molecular weight excluding hydrogens is 330 g/mol. The first kappa shape index (κ1) is 16.7. The van der Waals surface area contributed by atoms with Crippen molar-refractivity contribution >= 4 is 24.1 Å². The van der Waals surface area contributed by atoms with E-state index in [1.165, 1.54) is 0 Å². The fraction of sp³-hybridized carbons (Fsp3) is 0.438. The van der Waals surface area contributed by atoms with Crippen LogP contribution < -0.4 is 16.4 Å². The van der Waals surface area contributed by atoms with Crippen molar-refractivity contribution in [3.05, 3.63) is 30.1 Å². The van der Waals surface area contributed by atoms with Crippen LogP contribution in [-0.4, -0.2) is 22.2 Å². The lowest BCUT2D eigenvalue weighted by molar-refractivity contribution is 0.229. The number of halogens is 1. The van der Waals surface area contributed by atoms with E-state index >= 15 is 0 Å². The molecule has 0 bridgehead atoms. The highest BCUT2D eigenvalue weighted by Crippen LogP contribution is 2.37. The highest BCUT2D eigenvalue weighted by Gasteiger charge is 2.39. The lowest BCUT2D eigenvalue weighted by Gasteiger charge is -2.34. The van der Waals surface area contributed by atoms with Gasteiger partial charge in [-0.3, -0.25) is 0 Å². The molecule has 0 saturated heterocycles. The van der Waals surface area contributed by atoms with Gasteiger partial charge in [-0.1, -0.05) is 11.2 Å². The Balaban J connectivity index is 0.00000169. The fourth-order valence-corrected chi connectivity index (χ4v) is 2.63. The molecule has 1 aromatic carbocycles. The summed E-state index contributed by atoms with van der Waals surface area (Å²) in [6, 6.07) is 7.47. The number of rotatable bonds is 4. The third-order valence-electron chi connectivity index (χ3n) is 4.40. The second-order valence-electron chi connectivity index (χ2n) is 6.39. The van der Waals surface area contributed by atoms with E-state index in [-0.39, 0.29) is 18.4 Å².